The quantitative estimate of drug-likeness (QED) is 0.470. The van der Waals surface area contributed by atoms with Crippen molar-refractivity contribution >= 4 is 5.91 Å². The van der Waals surface area contributed by atoms with Gasteiger partial charge < -0.3 is 10.4 Å². The summed E-state index contributed by atoms with van der Waals surface area (Å²) in [5, 5.41) is 12.7. The highest BCUT2D eigenvalue weighted by Crippen LogP contribution is 2.08. The van der Waals surface area contributed by atoms with Crippen LogP contribution >= 0.6 is 0 Å². The van der Waals surface area contributed by atoms with Crippen LogP contribution in [0.3, 0.4) is 0 Å². The normalized spacial score (nSPS) is 12.3. The molecule has 0 saturated carbocycles. The van der Waals surface area contributed by atoms with Gasteiger partial charge >= 0.3 is 0 Å². The lowest BCUT2D eigenvalue weighted by Crippen LogP contribution is -2.25. The van der Waals surface area contributed by atoms with Crippen LogP contribution in [0.15, 0.2) is 0 Å². The van der Waals surface area contributed by atoms with Gasteiger partial charge in [0, 0.05) is 13.0 Å². The SMILES string of the molecule is CCCCCCCCNC(=O)CCC(O)CCCCC. The molecule has 0 rings (SSSR count). The molecule has 3 heteroatoms. The molecule has 0 aromatic rings. The fraction of sp³-hybridized carbons (Fsp3) is 0.941. The molecule has 2 N–H and O–H groups in total. The number of hydrogen-bond acceptors (Lipinski definition) is 2. The number of rotatable bonds is 14. The van der Waals surface area contributed by atoms with Crippen molar-refractivity contribution in [3.05, 3.63) is 0 Å². The third-order valence-electron chi connectivity index (χ3n) is 3.70. The first kappa shape index (κ1) is 19.4. The smallest absolute Gasteiger partial charge is 0.220 e. The predicted octanol–water partition coefficient (Wildman–Crippen LogP) is 4.18. The summed E-state index contributed by atoms with van der Waals surface area (Å²) >= 11 is 0. The molecule has 1 unspecified atom stereocenters. The van der Waals surface area contributed by atoms with Crippen molar-refractivity contribution in [2.24, 2.45) is 0 Å². The minimum atomic E-state index is -0.304. The van der Waals surface area contributed by atoms with Crippen LogP contribution in [-0.4, -0.2) is 23.7 Å². The fourth-order valence-corrected chi connectivity index (χ4v) is 2.29. The Morgan fingerprint density at radius 2 is 1.50 bits per heavy atom. The Bertz CT molecular complexity index is 219. The standard InChI is InChI=1S/C17H35NO2/c1-3-5-7-8-9-11-15-18-17(20)14-13-16(19)12-10-6-4-2/h16,19H,3-15H2,1-2H3,(H,18,20). The van der Waals surface area contributed by atoms with Crippen LogP contribution in [0.1, 0.15) is 90.9 Å². The van der Waals surface area contributed by atoms with Crippen LogP contribution in [0.5, 0.6) is 0 Å². The summed E-state index contributed by atoms with van der Waals surface area (Å²) < 4.78 is 0. The Kier molecular flexibility index (Phi) is 14.4. The van der Waals surface area contributed by atoms with Crippen molar-refractivity contribution in [1.29, 1.82) is 0 Å². The first-order chi connectivity index (χ1) is 9.70. The van der Waals surface area contributed by atoms with Crippen LogP contribution in [0, 0.1) is 0 Å². The number of aliphatic hydroxyl groups is 1. The Morgan fingerprint density at radius 1 is 0.900 bits per heavy atom. The number of carbonyl (C=O) groups excluding carboxylic acids is 1. The first-order valence-electron chi connectivity index (χ1n) is 8.65. The summed E-state index contributed by atoms with van der Waals surface area (Å²) in [4.78, 5) is 11.6. The summed E-state index contributed by atoms with van der Waals surface area (Å²) in [7, 11) is 0. The number of aliphatic hydroxyl groups excluding tert-OH is 1. The molecular formula is C17H35NO2. The Morgan fingerprint density at radius 3 is 2.20 bits per heavy atom. The molecule has 3 nitrogen and oxygen atoms in total. The second-order valence-corrected chi connectivity index (χ2v) is 5.81. The summed E-state index contributed by atoms with van der Waals surface area (Å²) in [6.45, 7) is 5.16. The Labute approximate surface area is 125 Å². The van der Waals surface area contributed by atoms with Gasteiger partial charge in [0.2, 0.25) is 5.91 Å². The fourth-order valence-electron chi connectivity index (χ4n) is 2.29. The van der Waals surface area contributed by atoms with Crippen LogP contribution in [0.2, 0.25) is 0 Å². The molecule has 0 fully saturated rings. The van der Waals surface area contributed by atoms with E-state index in [0.717, 1.165) is 25.8 Å². The van der Waals surface area contributed by atoms with Crippen molar-refractivity contribution < 1.29 is 9.90 Å². The van der Waals surface area contributed by atoms with Gasteiger partial charge in [0.05, 0.1) is 6.10 Å². The minimum Gasteiger partial charge on any atom is -0.393 e. The molecule has 0 spiro atoms. The zero-order valence-electron chi connectivity index (χ0n) is 13.6. The Hall–Kier alpha value is -0.570. The van der Waals surface area contributed by atoms with Crippen molar-refractivity contribution in [3.63, 3.8) is 0 Å². The van der Waals surface area contributed by atoms with Gasteiger partial charge in [-0.25, -0.2) is 0 Å². The first-order valence-corrected chi connectivity index (χ1v) is 8.65. The van der Waals surface area contributed by atoms with E-state index in [4.69, 9.17) is 0 Å². The molecule has 1 amide bonds. The molecule has 0 aromatic heterocycles. The Balaban J connectivity index is 3.31. The highest BCUT2D eigenvalue weighted by Gasteiger charge is 2.07. The molecule has 0 bridgehead atoms. The molecule has 20 heavy (non-hydrogen) atoms. The van der Waals surface area contributed by atoms with Crippen LogP contribution in [0.25, 0.3) is 0 Å². The van der Waals surface area contributed by atoms with E-state index in [0.29, 0.717) is 12.8 Å². The van der Waals surface area contributed by atoms with Gasteiger partial charge in [0.15, 0.2) is 0 Å². The van der Waals surface area contributed by atoms with E-state index in [9.17, 15) is 9.90 Å². The zero-order valence-corrected chi connectivity index (χ0v) is 13.6. The topological polar surface area (TPSA) is 49.3 Å². The molecule has 0 aromatic carbocycles. The van der Waals surface area contributed by atoms with Crippen LogP contribution < -0.4 is 5.32 Å². The highest BCUT2D eigenvalue weighted by atomic mass is 16.3. The van der Waals surface area contributed by atoms with Gasteiger partial charge in [-0.3, -0.25) is 4.79 Å². The van der Waals surface area contributed by atoms with Crippen LogP contribution in [0.4, 0.5) is 0 Å². The summed E-state index contributed by atoms with van der Waals surface area (Å²) in [6, 6.07) is 0. The summed E-state index contributed by atoms with van der Waals surface area (Å²) in [6.07, 6.45) is 12.5. The summed E-state index contributed by atoms with van der Waals surface area (Å²) in [5.41, 5.74) is 0. The van der Waals surface area contributed by atoms with E-state index < -0.39 is 0 Å². The number of hydrogen-bond donors (Lipinski definition) is 2. The highest BCUT2D eigenvalue weighted by molar-refractivity contribution is 5.75. The van der Waals surface area contributed by atoms with E-state index in [1.165, 1.54) is 44.9 Å². The monoisotopic (exact) mass is 285 g/mol. The van der Waals surface area contributed by atoms with E-state index in [1.54, 1.807) is 0 Å². The lowest BCUT2D eigenvalue weighted by Gasteiger charge is -2.10. The third kappa shape index (κ3) is 13.9. The van der Waals surface area contributed by atoms with E-state index >= 15 is 0 Å². The number of nitrogens with one attached hydrogen (secondary N) is 1. The van der Waals surface area contributed by atoms with Gasteiger partial charge in [-0.15, -0.1) is 0 Å². The van der Waals surface area contributed by atoms with Crippen molar-refractivity contribution in [2.45, 2.75) is 97.0 Å². The van der Waals surface area contributed by atoms with Crippen molar-refractivity contribution in [3.8, 4) is 0 Å². The van der Waals surface area contributed by atoms with Crippen molar-refractivity contribution in [2.75, 3.05) is 6.54 Å². The maximum atomic E-state index is 11.6. The molecule has 0 radical (unpaired) electrons. The van der Waals surface area contributed by atoms with Gasteiger partial charge in [0.25, 0.3) is 0 Å². The molecule has 0 aliphatic carbocycles. The molecule has 0 heterocycles. The largest absolute Gasteiger partial charge is 0.393 e. The lowest BCUT2D eigenvalue weighted by molar-refractivity contribution is -0.121. The van der Waals surface area contributed by atoms with E-state index in [-0.39, 0.29) is 12.0 Å². The third-order valence-corrected chi connectivity index (χ3v) is 3.70. The zero-order chi connectivity index (χ0) is 15.1. The molecule has 120 valence electrons. The van der Waals surface area contributed by atoms with Gasteiger partial charge in [-0.05, 0) is 19.3 Å². The van der Waals surface area contributed by atoms with Gasteiger partial charge in [-0.2, -0.15) is 0 Å². The second kappa shape index (κ2) is 14.8. The second-order valence-electron chi connectivity index (χ2n) is 5.81. The average molecular weight is 285 g/mol. The predicted molar refractivity (Wildman–Crippen MR) is 85.8 cm³/mol. The average Bonchev–Trinajstić information content (AvgIpc) is 2.44. The van der Waals surface area contributed by atoms with Crippen LogP contribution in [-0.2, 0) is 4.79 Å². The molecule has 0 saturated heterocycles. The molecule has 0 aliphatic rings. The minimum absolute atomic E-state index is 0.0908. The van der Waals surface area contributed by atoms with Gasteiger partial charge in [0.1, 0.15) is 0 Å². The van der Waals surface area contributed by atoms with E-state index in [1.807, 2.05) is 0 Å². The number of amides is 1. The maximum absolute atomic E-state index is 11.6. The summed E-state index contributed by atoms with van der Waals surface area (Å²) in [5.74, 6) is 0.0908. The molecular weight excluding hydrogens is 250 g/mol. The lowest BCUT2D eigenvalue weighted by atomic mass is 10.1. The van der Waals surface area contributed by atoms with Gasteiger partial charge in [-0.1, -0.05) is 65.2 Å². The molecule has 0 aliphatic heterocycles. The maximum Gasteiger partial charge on any atom is 0.220 e. The number of carbonyl (C=O) groups is 1. The van der Waals surface area contributed by atoms with E-state index in [2.05, 4.69) is 19.2 Å². The van der Waals surface area contributed by atoms with Crippen molar-refractivity contribution in [1.82, 2.24) is 5.32 Å². The molecule has 1 atom stereocenters. The number of unbranched alkanes of at least 4 members (excludes halogenated alkanes) is 7.